The first-order valence-electron chi connectivity index (χ1n) is 8.16. The molecule has 0 N–H and O–H groups in total. The van der Waals surface area contributed by atoms with Crippen LogP contribution in [0, 0.1) is 0 Å². The molecule has 22 heavy (non-hydrogen) atoms. The van der Waals surface area contributed by atoms with Crippen LogP contribution in [0.3, 0.4) is 0 Å². The molecule has 0 radical (unpaired) electrons. The van der Waals surface area contributed by atoms with Gasteiger partial charge in [0.05, 0.1) is 0 Å². The zero-order valence-electron chi connectivity index (χ0n) is 13.2. The molecule has 4 rings (SSSR count). The van der Waals surface area contributed by atoms with E-state index in [-0.39, 0.29) is 0 Å². The Kier molecular flexibility index (Phi) is 3.91. The summed E-state index contributed by atoms with van der Waals surface area (Å²) in [5.74, 6) is -0.599. The van der Waals surface area contributed by atoms with Crippen LogP contribution in [0.15, 0.2) is 60.7 Å². The first kappa shape index (κ1) is 14.6. The minimum atomic E-state index is -1.81. The molecular weight excluding hydrogens is 447 g/mol. The predicted molar refractivity (Wildman–Crippen MR) is 95.3 cm³/mol. The fraction of sp³-hybridized carbons (Fsp3) is 0.200. The van der Waals surface area contributed by atoms with E-state index in [2.05, 4.69) is 85.9 Å². The van der Waals surface area contributed by atoms with Gasteiger partial charge >= 0.3 is 142 Å². The summed E-state index contributed by atoms with van der Waals surface area (Å²) in [6.07, 6.45) is 9.86. The Morgan fingerprint density at radius 1 is 0.727 bits per heavy atom. The molecule has 2 aromatic rings. The molecular formula is C20H21HfSi. The Morgan fingerprint density at radius 3 is 1.64 bits per heavy atom. The quantitative estimate of drug-likeness (QED) is 0.549. The Bertz CT molecular complexity index is 698. The molecule has 0 aromatic heterocycles. The SMILES string of the molecule is C[SiH](C)[Hf]([CH]1C=Cc2ccccc21)[CH]1C=Cc2ccccc21. The number of allylic oxidation sites excluding steroid dienone is 2. The molecule has 0 saturated carbocycles. The molecule has 2 aliphatic carbocycles. The van der Waals surface area contributed by atoms with E-state index in [0.29, 0.717) is 0 Å². The molecule has 2 aliphatic rings. The van der Waals surface area contributed by atoms with Gasteiger partial charge in [0.1, 0.15) is 0 Å². The third-order valence-electron chi connectivity index (χ3n) is 4.98. The van der Waals surface area contributed by atoms with Gasteiger partial charge in [-0.25, -0.2) is 0 Å². The molecule has 0 heterocycles. The van der Waals surface area contributed by atoms with E-state index in [1.807, 2.05) is 0 Å². The summed E-state index contributed by atoms with van der Waals surface area (Å²) in [5.41, 5.74) is 6.20. The predicted octanol–water partition coefficient (Wildman–Crippen LogP) is 5.12. The fourth-order valence-corrected chi connectivity index (χ4v) is 33.8. The second kappa shape index (κ2) is 5.90. The van der Waals surface area contributed by atoms with Gasteiger partial charge in [0.25, 0.3) is 0 Å². The zero-order valence-corrected chi connectivity index (χ0v) is 17.9. The molecule has 109 valence electrons. The van der Waals surface area contributed by atoms with Gasteiger partial charge in [0.15, 0.2) is 0 Å². The van der Waals surface area contributed by atoms with Crippen LogP contribution >= 0.6 is 0 Å². The zero-order chi connectivity index (χ0) is 15.1. The van der Waals surface area contributed by atoms with Crippen molar-refractivity contribution in [3.63, 3.8) is 0 Å². The summed E-state index contributed by atoms with van der Waals surface area (Å²) in [7, 11) is 0. The molecule has 2 unspecified atom stereocenters. The fourth-order valence-electron chi connectivity index (χ4n) is 3.99. The Hall–Kier alpha value is -0.993. The average molecular weight is 468 g/mol. The van der Waals surface area contributed by atoms with Gasteiger partial charge in [-0.2, -0.15) is 0 Å². The molecule has 0 saturated heterocycles. The standard InChI is InChI=1S/2C9H7.C2H7Si.Hf/c2*1-2-5-9-7-3-6-8(9)4-1;1-3-2;/h2*1-7H;3H,1-2H3;. The number of benzene rings is 2. The van der Waals surface area contributed by atoms with Gasteiger partial charge in [-0.3, -0.25) is 0 Å². The minimum absolute atomic E-state index is 0.599. The van der Waals surface area contributed by atoms with Crippen molar-refractivity contribution < 1.29 is 20.6 Å². The van der Waals surface area contributed by atoms with Gasteiger partial charge < -0.3 is 0 Å². The van der Waals surface area contributed by atoms with E-state index in [9.17, 15) is 0 Å². The summed E-state index contributed by atoms with van der Waals surface area (Å²) < 4.78 is 1.60. The van der Waals surface area contributed by atoms with Crippen molar-refractivity contribution in [2.75, 3.05) is 0 Å². The summed E-state index contributed by atoms with van der Waals surface area (Å²) in [5, 5.41) is 0. The maximum atomic E-state index is 2.60. The van der Waals surface area contributed by atoms with Crippen molar-refractivity contribution in [3.05, 3.63) is 82.9 Å². The van der Waals surface area contributed by atoms with Gasteiger partial charge in [-0.05, 0) is 0 Å². The van der Waals surface area contributed by atoms with E-state index < -0.39 is 26.6 Å². The molecule has 0 nitrogen and oxygen atoms in total. The average Bonchev–Trinajstić information content (AvgIpc) is 3.13. The van der Waals surface area contributed by atoms with Crippen molar-refractivity contribution in [1.29, 1.82) is 0 Å². The number of hydrogen-bond donors (Lipinski definition) is 0. The second-order valence-electron chi connectivity index (χ2n) is 6.59. The summed E-state index contributed by atoms with van der Waals surface area (Å²) in [4.78, 5) is 0. The Balaban J connectivity index is 1.76. The van der Waals surface area contributed by atoms with Crippen molar-refractivity contribution in [1.82, 2.24) is 0 Å². The van der Waals surface area contributed by atoms with Crippen LogP contribution in [0.2, 0.25) is 13.1 Å². The van der Waals surface area contributed by atoms with Crippen LogP contribution in [0.4, 0.5) is 0 Å². The van der Waals surface area contributed by atoms with Gasteiger partial charge in [-0.1, -0.05) is 0 Å². The third kappa shape index (κ3) is 2.37. The van der Waals surface area contributed by atoms with E-state index in [4.69, 9.17) is 0 Å². The summed E-state index contributed by atoms with van der Waals surface area (Å²) in [6.45, 7) is 5.21. The second-order valence-corrected chi connectivity index (χ2v) is 34.9. The molecule has 2 atom stereocenters. The number of fused-ring (bicyclic) bond motifs is 2. The van der Waals surface area contributed by atoms with E-state index in [1.54, 1.807) is 11.1 Å². The molecule has 0 aliphatic heterocycles. The molecule has 0 amide bonds. The van der Waals surface area contributed by atoms with Crippen molar-refractivity contribution in [2.45, 2.75) is 20.4 Å². The van der Waals surface area contributed by atoms with Gasteiger partial charge in [-0.15, -0.1) is 0 Å². The van der Waals surface area contributed by atoms with E-state index >= 15 is 0 Å². The van der Waals surface area contributed by atoms with Gasteiger partial charge in [0, 0.05) is 0 Å². The van der Waals surface area contributed by atoms with Crippen LogP contribution in [-0.2, 0) is 20.6 Å². The molecule has 0 fully saturated rings. The van der Waals surface area contributed by atoms with Crippen LogP contribution in [-0.4, -0.2) is 5.98 Å². The molecule has 2 aromatic carbocycles. The topological polar surface area (TPSA) is 0 Å². The van der Waals surface area contributed by atoms with Crippen LogP contribution in [0.25, 0.3) is 12.2 Å². The van der Waals surface area contributed by atoms with E-state index in [1.165, 1.54) is 11.1 Å². The van der Waals surface area contributed by atoms with Crippen LogP contribution in [0.1, 0.15) is 29.6 Å². The monoisotopic (exact) mass is 469 g/mol. The van der Waals surface area contributed by atoms with Crippen LogP contribution in [0.5, 0.6) is 0 Å². The van der Waals surface area contributed by atoms with Gasteiger partial charge in [0.2, 0.25) is 0 Å². The van der Waals surface area contributed by atoms with Crippen molar-refractivity contribution >= 4 is 18.1 Å². The first-order chi connectivity index (χ1) is 10.8. The molecule has 0 spiro atoms. The maximum absolute atomic E-state index is 2.60. The van der Waals surface area contributed by atoms with Crippen molar-refractivity contribution in [3.8, 4) is 0 Å². The normalized spacial score (nSPS) is 21.2. The Labute approximate surface area is 141 Å². The summed E-state index contributed by atoms with van der Waals surface area (Å²) >= 11 is -1.81. The third-order valence-corrected chi connectivity index (χ3v) is 35.3. The Morgan fingerprint density at radius 2 is 1.18 bits per heavy atom. The molecule has 0 bridgehead atoms. The molecule has 2 heteroatoms. The first-order valence-corrected chi connectivity index (χ1v) is 21.4. The van der Waals surface area contributed by atoms with E-state index in [0.717, 1.165) is 7.35 Å². The van der Waals surface area contributed by atoms with Crippen molar-refractivity contribution in [2.24, 2.45) is 0 Å². The van der Waals surface area contributed by atoms with Crippen LogP contribution < -0.4 is 0 Å². The number of hydrogen-bond acceptors (Lipinski definition) is 0. The summed E-state index contributed by atoms with van der Waals surface area (Å²) in [6, 6.07) is 18.1. The number of rotatable bonds is 3.